The Bertz CT molecular complexity index is 1270. The zero-order valence-electron chi connectivity index (χ0n) is 28.5. The lowest BCUT2D eigenvalue weighted by molar-refractivity contribution is -0.144. The number of ether oxygens (including phenoxy) is 2. The van der Waals surface area contributed by atoms with E-state index in [-0.39, 0.29) is 24.7 Å². The Morgan fingerprint density at radius 3 is 2.07 bits per heavy atom. The van der Waals surface area contributed by atoms with E-state index in [0.29, 0.717) is 11.5 Å². The van der Waals surface area contributed by atoms with Gasteiger partial charge in [-0.3, -0.25) is 0 Å². The second kappa shape index (κ2) is 20.6. The molecule has 0 aliphatic carbocycles. The lowest BCUT2D eigenvalue weighted by Gasteiger charge is -2.21. The Kier molecular flexibility index (Phi) is 17.2. The van der Waals surface area contributed by atoms with Crippen molar-refractivity contribution < 1.29 is 24.2 Å². The molecule has 0 radical (unpaired) electrons. The highest BCUT2D eigenvalue weighted by Crippen LogP contribution is 2.23. The Balaban J connectivity index is 1.90. The third-order valence-corrected chi connectivity index (χ3v) is 8.45. The van der Waals surface area contributed by atoms with Gasteiger partial charge in [-0.25, -0.2) is 9.59 Å². The molecule has 0 aromatic heterocycles. The molecule has 1 N–H and O–H groups in total. The van der Waals surface area contributed by atoms with Crippen molar-refractivity contribution >= 4 is 18.0 Å². The molecule has 0 aliphatic rings. The van der Waals surface area contributed by atoms with Crippen molar-refractivity contribution in [3.8, 4) is 0 Å². The van der Waals surface area contributed by atoms with E-state index < -0.39 is 18.5 Å². The number of carbonyl (C=O) groups excluding carboxylic acids is 2. The summed E-state index contributed by atoms with van der Waals surface area (Å²) in [6.07, 6.45) is 13.0. The van der Waals surface area contributed by atoms with Crippen molar-refractivity contribution in [3.63, 3.8) is 0 Å². The fourth-order valence-electron chi connectivity index (χ4n) is 5.30. The van der Waals surface area contributed by atoms with E-state index in [9.17, 15) is 9.59 Å². The minimum atomic E-state index is -0.631. The molecular formula is C40H56O5. The molecular weight excluding hydrogens is 560 g/mol. The topological polar surface area (TPSA) is 72.8 Å². The van der Waals surface area contributed by atoms with Gasteiger partial charge in [0, 0.05) is 11.5 Å². The van der Waals surface area contributed by atoms with Crippen LogP contribution in [0, 0.1) is 18.8 Å². The molecule has 5 heteroatoms. The number of allylic oxidation sites excluding steroid dienone is 1. The predicted octanol–water partition coefficient (Wildman–Crippen LogP) is 8.94. The summed E-state index contributed by atoms with van der Waals surface area (Å²) in [6, 6.07) is 15.9. The van der Waals surface area contributed by atoms with Crippen LogP contribution >= 0.6 is 0 Å². The zero-order chi connectivity index (χ0) is 33.2. The summed E-state index contributed by atoms with van der Waals surface area (Å²) in [4.78, 5) is 24.0. The van der Waals surface area contributed by atoms with Gasteiger partial charge in [0.05, 0.1) is 25.4 Å². The van der Waals surface area contributed by atoms with Crippen LogP contribution in [0.5, 0.6) is 0 Å². The number of carbonyl (C=O) groups is 2. The van der Waals surface area contributed by atoms with Crippen LogP contribution in [0.15, 0.2) is 72.3 Å². The smallest absolute Gasteiger partial charge is 0.335 e. The first-order chi connectivity index (χ1) is 21.6. The summed E-state index contributed by atoms with van der Waals surface area (Å²) >= 11 is 0. The summed E-state index contributed by atoms with van der Waals surface area (Å²) < 4.78 is 10.7. The molecule has 0 amide bonds. The van der Waals surface area contributed by atoms with Crippen LogP contribution in [-0.2, 0) is 38.3 Å². The number of benzene rings is 2. The Morgan fingerprint density at radius 1 is 0.844 bits per heavy atom. The van der Waals surface area contributed by atoms with Gasteiger partial charge in [0.1, 0.15) is 0 Å². The highest BCUT2D eigenvalue weighted by Gasteiger charge is 2.19. The van der Waals surface area contributed by atoms with Gasteiger partial charge in [0.15, 0.2) is 0 Å². The van der Waals surface area contributed by atoms with Gasteiger partial charge >= 0.3 is 11.9 Å². The fraction of sp³-hybridized carbons (Fsp3) is 0.500. The fourth-order valence-corrected chi connectivity index (χ4v) is 5.30. The molecule has 2 unspecified atom stereocenters. The van der Waals surface area contributed by atoms with E-state index in [1.165, 1.54) is 59.1 Å². The minimum Gasteiger partial charge on any atom is -0.462 e. The Hall–Kier alpha value is -3.44. The number of aliphatic hydroxyl groups is 1. The van der Waals surface area contributed by atoms with Gasteiger partial charge in [0.25, 0.3) is 0 Å². The van der Waals surface area contributed by atoms with E-state index in [1.807, 2.05) is 0 Å². The van der Waals surface area contributed by atoms with E-state index in [1.54, 1.807) is 6.92 Å². The molecule has 2 rings (SSSR count). The zero-order valence-corrected chi connectivity index (χ0v) is 28.5. The third kappa shape index (κ3) is 14.5. The quantitative estimate of drug-likeness (QED) is 0.0861. The second-order valence-electron chi connectivity index (χ2n) is 12.6. The van der Waals surface area contributed by atoms with Crippen LogP contribution in [0.2, 0.25) is 0 Å². The second-order valence-corrected chi connectivity index (χ2v) is 12.6. The first kappa shape index (κ1) is 37.7. The lowest BCUT2D eigenvalue weighted by atomic mass is 9.89. The molecule has 0 bridgehead atoms. The van der Waals surface area contributed by atoms with Crippen LogP contribution < -0.4 is 0 Å². The van der Waals surface area contributed by atoms with Crippen LogP contribution in [0.4, 0.5) is 0 Å². The number of esters is 2. The molecule has 0 heterocycles. The molecule has 5 nitrogen and oxygen atoms in total. The lowest BCUT2D eigenvalue weighted by Crippen LogP contribution is -2.23. The molecule has 2 aromatic carbocycles. The van der Waals surface area contributed by atoms with Crippen molar-refractivity contribution in [2.75, 3.05) is 19.8 Å². The van der Waals surface area contributed by atoms with Crippen molar-refractivity contribution in [1.29, 1.82) is 0 Å². The maximum Gasteiger partial charge on any atom is 0.335 e. The van der Waals surface area contributed by atoms with Crippen molar-refractivity contribution in [2.45, 2.75) is 98.8 Å². The number of aliphatic hydroxyl groups excluding tert-OH is 1. The number of aryl methyl sites for hydroxylation is 3. The van der Waals surface area contributed by atoms with Gasteiger partial charge < -0.3 is 14.6 Å². The van der Waals surface area contributed by atoms with Gasteiger partial charge in [-0.15, -0.1) is 0 Å². The van der Waals surface area contributed by atoms with E-state index >= 15 is 0 Å². The molecule has 0 saturated carbocycles. The average molecular weight is 617 g/mol. The number of unbranched alkanes of at least 4 members (excludes halogenated alkanes) is 2. The monoisotopic (exact) mass is 616 g/mol. The molecule has 45 heavy (non-hydrogen) atoms. The van der Waals surface area contributed by atoms with E-state index in [2.05, 4.69) is 89.4 Å². The molecule has 2 atom stereocenters. The summed E-state index contributed by atoms with van der Waals surface area (Å²) in [5.74, 6) is -0.784. The Morgan fingerprint density at radius 2 is 1.47 bits per heavy atom. The summed E-state index contributed by atoms with van der Waals surface area (Å²) in [7, 11) is 0. The first-order valence-electron chi connectivity index (χ1n) is 16.7. The van der Waals surface area contributed by atoms with Crippen molar-refractivity contribution in [1.82, 2.24) is 0 Å². The van der Waals surface area contributed by atoms with Crippen LogP contribution in [0.1, 0.15) is 100 Å². The number of rotatable bonds is 21. The SMILES string of the molecule is C=C(C)C(=O)OCC(CCC(CC)Cc1ccc(CC/C(C)=C/c2ccc(CCCCC)cc2C)cc1)COC(=O)C(=C)CO. The first-order valence-corrected chi connectivity index (χ1v) is 16.7. The van der Waals surface area contributed by atoms with Crippen LogP contribution in [-0.4, -0.2) is 36.9 Å². The highest BCUT2D eigenvalue weighted by molar-refractivity contribution is 5.88. The summed E-state index contributed by atoms with van der Waals surface area (Å²) in [5.41, 5.74) is 8.49. The maximum atomic E-state index is 12.0. The minimum absolute atomic E-state index is 0.00614. The molecule has 0 spiro atoms. The molecule has 0 saturated heterocycles. The van der Waals surface area contributed by atoms with Crippen LogP contribution in [0.3, 0.4) is 0 Å². The van der Waals surface area contributed by atoms with E-state index in [4.69, 9.17) is 14.6 Å². The number of hydrogen-bond donors (Lipinski definition) is 1. The summed E-state index contributed by atoms with van der Waals surface area (Å²) in [6.45, 7) is 17.4. The van der Waals surface area contributed by atoms with Gasteiger partial charge in [-0.05, 0) is 99.5 Å². The van der Waals surface area contributed by atoms with Crippen molar-refractivity contribution in [3.05, 3.63) is 100 Å². The largest absolute Gasteiger partial charge is 0.462 e. The Labute approximate surface area is 272 Å². The molecule has 246 valence electrons. The third-order valence-electron chi connectivity index (χ3n) is 8.45. The van der Waals surface area contributed by atoms with Gasteiger partial charge in [-0.1, -0.05) is 100 Å². The highest BCUT2D eigenvalue weighted by atomic mass is 16.5. The summed E-state index contributed by atoms with van der Waals surface area (Å²) in [5, 5.41) is 9.14. The van der Waals surface area contributed by atoms with Crippen LogP contribution in [0.25, 0.3) is 6.08 Å². The van der Waals surface area contributed by atoms with Gasteiger partial charge in [0.2, 0.25) is 0 Å². The molecule has 0 aliphatic heterocycles. The molecule has 0 fully saturated rings. The number of hydrogen-bond acceptors (Lipinski definition) is 5. The van der Waals surface area contributed by atoms with E-state index in [0.717, 1.165) is 38.5 Å². The average Bonchev–Trinajstić information content (AvgIpc) is 3.03. The van der Waals surface area contributed by atoms with Gasteiger partial charge in [-0.2, -0.15) is 0 Å². The molecule has 2 aromatic rings. The normalized spacial score (nSPS) is 12.8. The predicted molar refractivity (Wildman–Crippen MR) is 186 cm³/mol. The standard InChI is InChI=1S/C40H56O5/c1-8-10-11-12-35-21-22-38(31(6)24-35)23-30(5)13-14-34-16-18-36(19-17-34)25-33(9-2)15-20-37(27-44-39(42)29(3)4)28-45-40(43)32(7)26-41/h16-19,21-24,33,37,41H,3,7-15,20,25-28H2,1-2,4-6H3/b30-23+. The maximum absolute atomic E-state index is 12.0. The van der Waals surface area contributed by atoms with Crippen molar-refractivity contribution in [2.24, 2.45) is 11.8 Å².